The van der Waals surface area contributed by atoms with Crippen molar-refractivity contribution >= 4 is 11.3 Å². The van der Waals surface area contributed by atoms with Crippen molar-refractivity contribution in [2.45, 2.75) is 0 Å². The van der Waals surface area contributed by atoms with E-state index in [1.807, 2.05) is 36.5 Å². The number of benzene rings is 1. The van der Waals surface area contributed by atoms with Gasteiger partial charge in [-0.25, -0.2) is 4.98 Å². The molecule has 0 amide bonds. The Morgan fingerprint density at radius 3 is 2.94 bits per heavy atom. The largest absolute Gasteiger partial charge is 0.497 e. The maximum Gasteiger partial charge on any atom is 0.137 e. The first-order chi connectivity index (χ1) is 8.86. The standard InChI is InChI=1S/C14H12N2OS/c1-17-11-5-2-4-10(8-11)14-15-9-12(16-14)13-6-3-7-18-13/h2-9H,1H3,(H,15,16). The molecule has 0 aliphatic heterocycles. The number of rotatable bonds is 3. The Hall–Kier alpha value is -2.07. The maximum absolute atomic E-state index is 5.22. The second-order valence-electron chi connectivity index (χ2n) is 3.85. The van der Waals surface area contributed by atoms with Gasteiger partial charge in [0.05, 0.1) is 23.9 Å². The van der Waals surface area contributed by atoms with Gasteiger partial charge in [-0.05, 0) is 23.6 Å². The lowest BCUT2D eigenvalue weighted by molar-refractivity contribution is 0.415. The second-order valence-corrected chi connectivity index (χ2v) is 4.80. The molecule has 0 fully saturated rings. The van der Waals surface area contributed by atoms with Crippen LogP contribution in [0.4, 0.5) is 0 Å². The van der Waals surface area contributed by atoms with Gasteiger partial charge in [-0.15, -0.1) is 11.3 Å². The van der Waals surface area contributed by atoms with Crippen LogP contribution in [0.2, 0.25) is 0 Å². The van der Waals surface area contributed by atoms with Gasteiger partial charge in [-0.2, -0.15) is 0 Å². The van der Waals surface area contributed by atoms with Gasteiger partial charge in [-0.3, -0.25) is 0 Å². The zero-order valence-corrected chi connectivity index (χ0v) is 10.7. The molecular formula is C14H12N2OS. The zero-order valence-electron chi connectivity index (χ0n) is 9.88. The van der Waals surface area contributed by atoms with E-state index in [9.17, 15) is 0 Å². The fourth-order valence-electron chi connectivity index (χ4n) is 1.80. The van der Waals surface area contributed by atoms with Crippen LogP contribution in [0.5, 0.6) is 5.75 Å². The highest BCUT2D eigenvalue weighted by atomic mass is 32.1. The molecule has 0 saturated heterocycles. The van der Waals surface area contributed by atoms with Crippen LogP contribution < -0.4 is 4.74 Å². The number of hydrogen-bond donors (Lipinski definition) is 1. The summed E-state index contributed by atoms with van der Waals surface area (Å²) in [6.45, 7) is 0. The Bertz CT molecular complexity index is 643. The van der Waals surface area contributed by atoms with Gasteiger partial charge < -0.3 is 9.72 Å². The van der Waals surface area contributed by atoms with Gasteiger partial charge in [0, 0.05) is 5.56 Å². The Balaban J connectivity index is 1.97. The number of ether oxygens (including phenoxy) is 1. The van der Waals surface area contributed by atoms with Crippen LogP contribution in [0, 0.1) is 0 Å². The van der Waals surface area contributed by atoms with Gasteiger partial charge >= 0.3 is 0 Å². The highest BCUT2D eigenvalue weighted by Gasteiger charge is 2.06. The molecule has 3 nitrogen and oxygen atoms in total. The smallest absolute Gasteiger partial charge is 0.137 e. The minimum absolute atomic E-state index is 0.835. The van der Waals surface area contributed by atoms with Crippen molar-refractivity contribution in [3.05, 3.63) is 48.0 Å². The van der Waals surface area contributed by atoms with Crippen LogP contribution in [0.25, 0.3) is 22.0 Å². The number of aromatic nitrogens is 2. The van der Waals surface area contributed by atoms with Crippen molar-refractivity contribution in [3.63, 3.8) is 0 Å². The quantitative estimate of drug-likeness (QED) is 0.773. The van der Waals surface area contributed by atoms with Crippen molar-refractivity contribution in [1.82, 2.24) is 9.97 Å². The third-order valence-electron chi connectivity index (χ3n) is 2.71. The van der Waals surface area contributed by atoms with Crippen molar-refractivity contribution in [2.24, 2.45) is 0 Å². The predicted octanol–water partition coefficient (Wildman–Crippen LogP) is 3.81. The summed E-state index contributed by atoms with van der Waals surface area (Å²) < 4.78 is 5.22. The maximum atomic E-state index is 5.22. The van der Waals surface area contributed by atoms with Crippen LogP contribution >= 0.6 is 11.3 Å². The molecule has 2 heterocycles. The summed E-state index contributed by atoms with van der Waals surface area (Å²) in [5.74, 6) is 1.69. The highest BCUT2D eigenvalue weighted by Crippen LogP contribution is 2.26. The van der Waals surface area contributed by atoms with Crippen molar-refractivity contribution in [3.8, 4) is 27.7 Å². The molecule has 18 heavy (non-hydrogen) atoms. The van der Waals surface area contributed by atoms with E-state index in [0.717, 1.165) is 22.8 Å². The summed E-state index contributed by atoms with van der Waals surface area (Å²) in [5.41, 5.74) is 2.07. The molecule has 0 saturated carbocycles. The molecule has 90 valence electrons. The fraction of sp³-hybridized carbons (Fsp3) is 0.0714. The van der Waals surface area contributed by atoms with Crippen LogP contribution in [0.1, 0.15) is 0 Å². The number of nitrogens with zero attached hydrogens (tertiary/aromatic N) is 1. The number of methoxy groups -OCH3 is 1. The Morgan fingerprint density at radius 2 is 2.17 bits per heavy atom. The van der Waals surface area contributed by atoms with Gasteiger partial charge in [0.1, 0.15) is 11.6 Å². The molecule has 1 N–H and O–H groups in total. The van der Waals surface area contributed by atoms with E-state index in [2.05, 4.69) is 21.4 Å². The zero-order chi connectivity index (χ0) is 12.4. The lowest BCUT2D eigenvalue weighted by atomic mass is 10.2. The molecule has 0 bridgehead atoms. The van der Waals surface area contributed by atoms with Crippen LogP contribution in [0.15, 0.2) is 48.0 Å². The monoisotopic (exact) mass is 256 g/mol. The molecule has 0 spiro atoms. The predicted molar refractivity (Wildman–Crippen MR) is 73.9 cm³/mol. The lowest BCUT2D eigenvalue weighted by Gasteiger charge is -2.01. The Morgan fingerprint density at radius 1 is 1.22 bits per heavy atom. The number of H-pyrrole nitrogens is 1. The van der Waals surface area contributed by atoms with Crippen LogP contribution in [-0.4, -0.2) is 17.1 Å². The molecule has 0 atom stereocenters. The van der Waals surface area contributed by atoms with Crippen molar-refractivity contribution in [1.29, 1.82) is 0 Å². The average Bonchev–Trinajstić information content (AvgIpc) is 3.09. The van der Waals surface area contributed by atoms with Crippen molar-refractivity contribution in [2.75, 3.05) is 7.11 Å². The summed E-state index contributed by atoms with van der Waals surface area (Å²) in [7, 11) is 1.67. The van der Waals surface area contributed by atoms with Gasteiger partial charge in [0.2, 0.25) is 0 Å². The topological polar surface area (TPSA) is 37.9 Å². The molecule has 3 rings (SSSR count). The highest BCUT2D eigenvalue weighted by molar-refractivity contribution is 7.13. The number of aromatic amines is 1. The van der Waals surface area contributed by atoms with E-state index in [1.54, 1.807) is 18.4 Å². The van der Waals surface area contributed by atoms with Gasteiger partial charge in [-0.1, -0.05) is 18.2 Å². The third-order valence-corrected chi connectivity index (χ3v) is 3.61. The molecule has 4 heteroatoms. The number of nitrogens with one attached hydrogen (secondary N) is 1. The van der Waals surface area contributed by atoms with Crippen LogP contribution in [-0.2, 0) is 0 Å². The first-order valence-corrected chi connectivity index (χ1v) is 6.48. The first-order valence-electron chi connectivity index (χ1n) is 5.60. The summed E-state index contributed by atoms with van der Waals surface area (Å²) in [4.78, 5) is 8.93. The molecule has 0 aliphatic carbocycles. The Labute approximate surface area is 109 Å². The van der Waals surface area contributed by atoms with E-state index in [0.29, 0.717) is 0 Å². The van der Waals surface area contributed by atoms with E-state index < -0.39 is 0 Å². The Kier molecular flexibility index (Phi) is 2.86. The summed E-state index contributed by atoms with van der Waals surface area (Å²) in [6.07, 6.45) is 1.86. The van der Waals surface area contributed by atoms with Crippen LogP contribution in [0.3, 0.4) is 0 Å². The summed E-state index contributed by atoms with van der Waals surface area (Å²) in [5, 5.41) is 2.06. The number of imidazole rings is 1. The molecule has 0 radical (unpaired) electrons. The van der Waals surface area contributed by atoms with Gasteiger partial charge in [0.15, 0.2) is 0 Å². The molecule has 0 unspecified atom stereocenters. The summed E-state index contributed by atoms with van der Waals surface area (Å²) in [6, 6.07) is 12.0. The average molecular weight is 256 g/mol. The fourth-order valence-corrected chi connectivity index (χ4v) is 2.49. The number of thiophene rings is 1. The van der Waals surface area contributed by atoms with Gasteiger partial charge in [0.25, 0.3) is 0 Å². The van der Waals surface area contributed by atoms with E-state index >= 15 is 0 Å². The van der Waals surface area contributed by atoms with E-state index in [-0.39, 0.29) is 0 Å². The molecule has 1 aromatic carbocycles. The normalized spacial score (nSPS) is 10.5. The molecular weight excluding hydrogens is 244 g/mol. The summed E-state index contributed by atoms with van der Waals surface area (Å²) >= 11 is 1.70. The molecule has 2 aromatic heterocycles. The first kappa shape index (κ1) is 11.0. The van der Waals surface area contributed by atoms with E-state index in [1.165, 1.54) is 4.88 Å². The minimum atomic E-state index is 0.835. The number of hydrogen-bond acceptors (Lipinski definition) is 3. The minimum Gasteiger partial charge on any atom is -0.497 e. The molecule has 3 aromatic rings. The lowest BCUT2D eigenvalue weighted by Crippen LogP contribution is -1.85. The molecule has 0 aliphatic rings. The second kappa shape index (κ2) is 4.66. The van der Waals surface area contributed by atoms with E-state index in [4.69, 9.17) is 4.74 Å². The SMILES string of the molecule is COc1cccc(-c2ncc(-c3cccs3)[nH]2)c1. The third kappa shape index (κ3) is 2.02. The van der Waals surface area contributed by atoms with Crippen molar-refractivity contribution < 1.29 is 4.74 Å².